The van der Waals surface area contributed by atoms with Gasteiger partial charge in [0.1, 0.15) is 5.75 Å². The van der Waals surface area contributed by atoms with Crippen LogP contribution in [0.1, 0.15) is 18.1 Å². The first-order valence-corrected chi connectivity index (χ1v) is 7.64. The monoisotopic (exact) mass is 348 g/mol. The van der Waals surface area contributed by atoms with Gasteiger partial charge in [-0.15, -0.1) is 0 Å². The summed E-state index contributed by atoms with van der Waals surface area (Å²) < 4.78 is 5.64. The Morgan fingerprint density at radius 2 is 1.88 bits per heavy atom. The van der Waals surface area contributed by atoms with Gasteiger partial charge >= 0.3 is 0 Å². The zero-order chi connectivity index (χ0) is 17.9. The van der Waals surface area contributed by atoms with Crippen LogP contribution in [0.15, 0.2) is 36.4 Å². The van der Waals surface area contributed by atoms with E-state index < -0.39 is 16.9 Å². The van der Waals surface area contributed by atoms with Crippen LogP contribution in [-0.2, 0) is 4.79 Å². The highest BCUT2D eigenvalue weighted by atomic mass is 35.5. The van der Waals surface area contributed by atoms with Crippen molar-refractivity contribution < 1.29 is 14.5 Å². The number of halogens is 1. The predicted octanol–water partition coefficient (Wildman–Crippen LogP) is 4.27. The second-order valence-corrected chi connectivity index (χ2v) is 5.81. The van der Waals surface area contributed by atoms with Crippen LogP contribution in [-0.4, -0.2) is 16.9 Å². The van der Waals surface area contributed by atoms with Crippen molar-refractivity contribution in [1.29, 1.82) is 0 Å². The summed E-state index contributed by atoms with van der Waals surface area (Å²) in [6.45, 7) is 5.32. The maximum Gasteiger partial charge on any atom is 0.271 e. The molecule has 0 radical (unpaired) electrons. The summed E-state index contributed by atoms with van der Waals surface area (Å²) in [5.74, 6) is 0.136. The Bertz CT molecular complexity index is 769. The van der Waals surface area contributed by atoms with Gasteiger partial charge in [0.15, 0.2) is 6.10 Å². The molecule has 0 aliphatic carbocycles. The molecule has 2 aromatic rings. The van der Waals surface area contributed by atoms with Crippen LogP contribution in [0.2, 0.25) is 5.02 Å². The molecule has 0 fully saturated rings. The number of hydrogen-bond donors (Lipinski definition) is 1. The number of benzene rings is 2. The Morgan fingerprint density at radius 3 is 2.46 bits per heavy atom. The molecule has 6 nitrogen and oxygen atoms in total. The number of hydrogen-bond acceptors (Lipinski definition) is 4. The number of anilines is 1. The lowest BCUT2D eigenvalue weighted by Gasteiger charge is -2.16. The number of nitrogens with zero attached hydrogens (tertiary/aromatic N) is 1. The van der Waals surface area contributed by atoms with Crippen LogP contribution in [0.3, 0.4) is 0 Å². The number of carbonyl (C=O) groups is 1. The molecule has 2 rings (SSSR count). The van der Waals surface area contributed by atoms with E-state index in [2.05, 4.69) is 5.32 Å². The minimum atomic E-state index is -0.774. The molecule has 0 heterocycles. The smallest absolute Gasteiger partial charge is 0.271 e. The van der Waals surface area contributed by atoms with Crippen molar-refractivity contribution >= 4 is 28.9 Å². The molecule has 126 valence electrons. The van der Waals surface area contributed by atoms with Gasteiger partial charge in [0.2, 0.25) is 0 Å². The summed E-state index contributed by atoms with van der Waals surface area (Å²) in [4.78, 5) is 22.4. The van der Waals surface area contributed by atoms with Crippen LogP contribution in [0.25, 0.3) is 0 Å². The van der Waals surface area contributed by atoms with Crippen LogP contribution in [0.5, 0.6) is 5.75 Å². The largest absolute Gasteiger partial charge is 0.481 e. The Balaban J connectivity index is 2.07. The molecule has 7 heteroatoms. The molecule has 0 saturated heterocycles. The number of nitro benzene ring substituents is 1. The van der Waals surface area contributed by atoms with Crippen LogP contribution in [0.4, 0.5) is 11.4 Å². The van der Waals surface area contributed by atoms with Gasteiger partial charge in [-0.25, -0.2) is 0 Å². The average Bonchev–Trinajstić information content (AvgIpc) is 2.52. The van der Waals surface area contributed by atoms with Crippen LogP contribution in [0, 0.1) is 24.0 Å². The Kier molecular flexibility index (Phi) is 5.41. The lowest BCUT2D eigenvalue weighted by Crippen LogP contribution is -2.30. The van der Waals surface area contributed by atoms with Gasteiger partial charge in [-0.05, 0) is 50.1 Å². The first kappa shape index (κ1) is 17.7. The Hall–Kier alpha value is -2.60. The number of nitro groups is 1. The SMILES string of the molecule is Cc1cc(O[C@H](C)C(=O)Nc2cccc([N+](=O)[O-])c2)cc(C)c1Cl. The van der Waals surface area contributed by atoms with E-state index in [0.717, 1.165) is 11.1 Å². The van der Waals surface area contributed by atoms with Crippen molar-refractivity contribution in [3.05, 3.63) is 62.7 Å². The topological polar surface area (TPSA) is 81.5 Å². The van der Waals surface area contributed by atoms with Crippen molar-refractivity contribution in [3.63, 3.8) is 0 Å². The van der Waals surface area contributed by atoms with E-state index in [1.165, 1.54) is 18.2 Å². The maximum atomic E-state index is 12.2. The summed E-state index contributed by atoms with van der Waals surface area (Å²) in [6.07, 6.45) is -0.774. The highest BCUT2D eigenvalue weighted by Gasteiger charge is 2.17. The van der Waals surface area contributed by atoms with E-state index in [9.17, 15) is 14.9 Å². The molecular weight excluding hydrogens is 332 g/mol. The summed E-state index contributed by atoms with van der Waals surface area (Å²) >= 11 is 6.11. The quantitative estimate of drug-likeness (QED) is 0.646. The van der Waals surface area contributed by atoms with E-state index in [1.807, 2.05) is 13.8 Å². The molecule has 1 amide bonds. The fraction of sp³-hybridized carbons (Fsp3) is 0.235. The van der Waals surface area contributed by atoms with Crippen molar-refractivity contribution in [2.45, 2.75) is 26.9 Å². The highest BCUT2D eigenvalue weighted by Crippen LogP contribution is 2.26. The van der Waals surface area contributed by atoms with Crippen molar-refractivity contribution in [2.24, 2.45) is 0 Å². The van der Waals surface area contributed by atoms with Crippen LogP contribution < -0.4 is 10.1 Å². The predicted molar refractivity (Wildman–Crippen MR) is 92.7 cm³/mol. The third kappa shape index (κ3) is 4.23. The number of rotatable bonds is 5. The molecule has 0 spiro atoms. The third-order valence-electron chi connectivity index (χ3n) is 3.42. The van der Waals surface area contributed by atoms with Gasteiger partial charge in [0.05, 0.1) is 4.92 Å². The average molecular weight is 349 g/mol. The van der Waals surface area contributed by atoms with E-state index >= 15 is 0 Å². The van der Waals surface area contributed by atoms with E-state index in [-0.39, 0.29) is 5.69 Å². The first-order valence-electron chi connectivity index (χ1n) is 7.26. The second-order valence-electron chi connectivity index (χ2n) is 5.43. The third-order valence-corrected chi connectivity index (χ3v) is 4.01. The molecule has 0 aliphatic heterocycles. The van der Waals surface area contributed by atoms with E-state index in [4.69, 9.17) is 16.3 Å². The zero-order valence-corrected chi connectivity index (χ0v) is 14.3. The van der Waals surface area contributed by atoms with E-state index in [0.29, 0.717) is 16.5 Å². The van der Waals surface area contributed by atoms with Gasteiger partial charge < -0.3 is 10.1 Å². The first-order chi connectivity index (χ1) is 11.3. The van der Waals surface area contributed by atoms with Crippen molar-refractivity contribution in [1.82, 2.24) is 0 Å². The van der Waals surface area contributed by atoms with Crippen molar-refractivity contribution in [2.75, 3.05) is 5.32 Å². The lowest BCUT2D eigenvalue weighted by molar-refractivity contribution is -0.384. The molecule has 1 N–H and O–H groups in total. The minimum Gasteiger partial charge on any atom is -0.481 e. The van der Waals surface area contributed by atoms with Gasteiger partial charge in [-0.1, -0.05) is 17.7 Å². The molecule has 0 unspecified atom stereocenters. The maximum absolute atomic E-state index is 12.2. The van der Waals surface area contributed by atoms with Gasteiger partial charge in [-0.2, -0.15) is 0 Å². The zero-order valence-electron chi connectivity index (χ0n) is 13.5. The van der Waals surface area contributed by atoms with Crippen molar-refractivity contribution in [3.8, 4) is 5.75 Å². The number of carbonyl (C=O) groups excluding carboxylic acids is 1. The fourth-order valence-corrected chi connectivity index (χ4v) is 2.28. The molecule has 2 aromatic carbocycles. The normalized spacial score (nSPS) is 11.7. The Labute approximate surface area is 144 Å². The number of amides is 1. The summed E-state index contributed by atoms with van der Waals surface area (Å²) in [5, 5.41) is 14.0. The standard InChI is InChI=1S/C17H17ClN2O4/c1-10-7-15(8-11(2)16(10)18)24-12(3)17(21)19-13-5-4-6-14(9-13)20(22)23/h4-9,12H,1-3H3,(H,19,21)/t12-/m1/s1. The van der Waals surface area contributed by atoms with E-state index in [1.54, 1.807) is 25.1 Å². The highest BCUT2D eigenvalue weighted by molar-refractivity contribution is 6.32. The fourth-order valence-electron chi connectivity index (χ4n) is 2.17. The summed E-state index contributed by atoms with van der Waals surface area (Å²) in [5.41, 5.74) is 1.97. The number of aryl methyl sites for hydroxylation is 2. The second kappa shape index (κ2) is 7.31. The molecule has 0 aliphatic rings. The molecule has 0 bridgehead atoms. The minimum absolute atomic E-state index is 0.0923. The molecule has 1 atom stereocenters. The van der Waals surface area contributed by atoms with Gasteiger partial charge in [-0.3, -0.25) is 14.9 Å². The summed E-state index contributed by atoms with van der Waals surface area (Å²) in [7, 11) is 0. The van der Waals surface area contributed by atoms with Crippen LogP contribution >= 0.6 is 11.6 Å². The number of nitrogens with one attached hydrogen (secondary N) is 1. The molecule has 24 heavy (non-hydrogen) atoms. The Morgan fingerprint density at radius 1 is 1.25 bits per heavy atom. The van der Waals surface area contributed by atoms with Gasteiger partial charge in [0, 0.05) is 22.8 Å². The molecule has 0 aromatic heterocycles. The number of ether oxygens (including phenoxy) is 1. The molecular formula is C17H17ClN2O4. The van der Waals surface area contributed by atoms with Gasteiger partial charge in [0.25, 0.3) is 11.6 Å². The lowest BCUT2D eigenvalue weighted by atomic mass is 10.1. The molecule has 0 saturated carbocycles. The number of non-ortho nitro benzene ring substituents is 1. The summed E-state index contributed by atoms with van der Waals surface area (Å²) in [6, 6.07) is 9.24.